The molecule has 0 saturated carbocycles. The molecular formula is H4BaNdO4SmTi+. The van der Waals surface area contributed by atoms with Gasteiger partial charge in [0.15, 0.2) is 0 Å². The van der Waals surface area contributed by atoms with E-state index in [-0.39, 0.29) is 174 Å². The minimum atomic E-state index is 0. The first-order chi connectivity index (χ1) is 0. The van der Waals surface area contributed by atoms with Gasteiger partial charge in [-0.3, -0.25) is 0 Å². The summed E-state index contributed by atoms with van der Waals surface area (Å²) in [4.78, 5) is 0. The molecule has 0 atom stereocenters. The summed E-state index contributed by atoms with van der Waals surface area (Å²) in [7, 11) is 0. The minimum absolute atomic E-state index is 0. The van der Waals surface area contributed by atoms with Crippen molar-refractivity contribution in [1.82, 2.24) is 0 Å². The zero-order valence-electron chi connectivity index (χ0n) is 3.90. The van der Waals surface area contributed by atoms with Gasteiger partial charge in [0.25, 0.3) is 0 Å². The van der Waals surface area contributed by atoms with E-state index in [1.54, 1.807) is 0 Å². The minimum Gasteiger partial charge on any atom is -0.870 e. The first-order valence-electron chi connectivity index (χ1n) is 0. The molecule has 4 N–H and O–H groups in total. The summed E-state index contributed by atoms with van der Waals surface area (Å²) in [6.45, 7) is 0. The van der Waals surface area contributed by atoms with Gasteiger partial charge in [-0.05, 0) is 0 Å². The Morgan fingerprint density at radius 2 is 0.625 bits per heavy atom. The molecule has 0 rings (SSSR count). The molecule has 43 valence electrons. The fraction of sp³-hybridized carbons (Fsp3) is 0. The Kier molecular flexibility index (Phi) is 575. The van der Waals surface area contributed by atoms with Crippen molar-refractivity contribution < 1.29 is 125 Å². The van der Waals surface area contributed by atoms with Crippen molar-refractivity contribution in [2.24, 2.45) is 0 Å². The van der Waals surface area contributed by atoms with Gasteiger partial charge in [0.1, 0.15) is 0 Å². The number of rotatable bonds is 0. The topological polar surface area (TPSA) is 120 Å². The molecule has 0 aromatic heterocycles. The molecule has 0 spiro atoms. The molecule has 0 bridgehead atoms. The van der Waals surface area contributed by atoms with Crippen LogP contribution in [0.15, 0.2) is 0 Å². The van der Waals surface area contributed by atoms with Crippen molar-refractivity contribution in [3.63, 3.8) is 0 Å². The van der Waals surface area contributed by atoms with Crippen LogP contribution in [0.1, 0.15) is 0 Å². The second-order valence-corrected chi connectivity index (χ2v) is 0. The predicted octanol–water partition coefficient (Wildman–Crippen LogP) is -1.09. The molecule has 0 saturated heterocycles. The van der Waals surface area contributed by atoms with Gasteiger partial charge in [0, 0.05) is 62.1 Å². The Morgan fingerprint density at radius 1 is 0.625 bits per heavy atom. The van der Waals surface area contributed by atoms with Gasteiger partial charge in [0.05, 0.1) is 0 Å². The van der Waals surface area contributed by atoms with E-state index in [9.17, 15) is 0 Å². The van der Waals surface area contributed by atoms with Crippen LogP contribution in [0.25, 0.3) is 0 Å². The van der Waals surface area contributed by atoms with Crippen LogP contribution in [0.2, 0.25) is 0 Å². The van der Waals surface area contributed by atoms with Crippen molar-refractivity contribution in [2.75, 3.05) is 0 Å². The van der Waals surface area contributed by atoms with Crippen molar-refractivity contribution in [1.29, 1.82) is 0 Å². The molecule has 0 aliphatic carbocycles. The van der Waals surface area contributed by atoms with E-state index in [4.69, 9.17) is 0 Å². The molecule has 0 aliphatic heterocycles. The summed E-state index contributed by atoms with van der Waals surface area (Å²) >= 11 is 0. The molecule has 4 nitrogen and oxygen atoms in total. The molecule has 8 heavy (non-hydrogen) atoms. The maximum atomic E-state index is 0. The number of hydrogen-bond donors (Lipinski definition) is 0. The largest absolute Gasteiger partial charge is 3.00 e. The molecule has 0 aromatic rings. The Balaban J connectivity index is 0. The Labute approximate surface area is 169 Å². The second-order valence-electron chi connectivity index (χ2n) is 0. The molecular weight excluding hydrogens is 544 g/mol. The molecule has 0 aliphatic rings. The van der Waals surface area contributed by atoms with Crippen LogP contribution < -0.4 is 0 Å². The summed E-state index contributed by atoms with van der Waals surface area (Å²) in [5.41, 5.74) is 0. The fourth-order valence-electron chi connectivity index (χ4n) is 0. The van der Waals surface area contributed by atoms with Gasteiger partial charge >= 0.3 is 89.7 Å². The number of hydrogen-bond acceptors (Lipinski definition) is 4. The van der Waals surface area contributed by atoms with Crippen molar-refractivity contribution in [3.05, 3.63) is 0 Å². The Morgan fingerprint density at radius 3 is 0.625 bits per heavy atom. The quantitative estimate of drug-likeness (QED) is 0.358. The summed E-state index contributed by atoms with van der Waals surface area (Å²) in [6.07, 6.45) is 0. The van der Waals surface area contributed by atoms with E-state index >= 15 is 0 Å². The van der Waals surface area contributed by atoms with Crippen LogP contribution in [0.5, 0.6) is 0 Å². The monoisotopic (exact) mass is 548 g/mol. The maximum absolute atomic E-state index is 0. The molecule has 8 heteroatoms. The maximum Gasteiger partial charge on any atom is 3.00 e. The van der Waals surface area contributed by atoms with Crippen LogP contribution >= 0.6 is 0 Å². The smallest absolute Gasteiger partial charge is 0.870 e. The van der Waals surface area contributed by atoms with Crippen LogP contribution in [0, 0.1) is 81.2 Å². The third-order valence-corrected chi connectivity index (χ3v) is 0. The van der Waals surface area contributed by atoms with E-state index in [1.165, 1.54) is 0 Å². The third-order valence-electron chi connectivity index (χ3n) is 0. The van der Waals surface area contributed by atoms with Crippen LogP contribution in [0.4, 0.5) is 0 Å². The molecule has 0 fully saturated rings. The SMILES string of the molecule is [Ba+2].[Nd+3].[OH-].[OH-].[OH-].[OH-].[Sm].[Ti]. The van der Waals surface area contributed by atoms with Gasteiger partial charge in [-0.15, -0.1) is 0 Å². The summed E-state index contributed by atoms with van der Waals surface area (Å²) in [6, 6.07) is 0. The van der Waals surface area contributed by atoms with Crippen LogP contribution in [-0.4, -0.2) is 70.8 Å². The van der Waals surface area contributed by atoms with E-state index in [2.05, 4.69) is 0 Å². The van der Waals surface area contributed by atoms with Gasteiger partial charge in [-0.25, -0.2) is 0 Å². The zero-order chi connectivity index (χ0) is 0. The van der Waals surface area contributed by atoms with Crippen molar-refractivity contribution in [2.45, 2.75) is 0 Å². The molecule has 0 unspecified atom stereocenters. The second kappa shape index (κ2) is 59.6. The van der Waals surface area contributed by atoms with Gasteiger partial charge < -0.3 is 21.9 Å². The van der Waals surface area contributed by atoms with E-state index in [1.807, 2.05) is 0 Å². The standard InChI is InChI=1S/Ba.Nd.4H2O.Sm.Ti/h;;4*1H2;;/q+2;+3;;;;;;/p-4. The van der Waals surface area contributed by atoms with Crippen LogP contribution in [-0.2, 0) is 21.7 Å². The third kappa shape index (κ3) is 44.9. The molecule has 0 aromatic carbocycles. The summed E-state index contributed by atoms with van der Waals surface area (Å²) in [5.74, 6) is 0. The van der Waals surface area contributed by atoms with Crippen LogP contribution in [0.3, 0.4) is 0 Å². The summed E-state index contributed by atoms with van der Waals surface area (Å²) < 4.78 is 0. The van der Waals surface area contributed by atoms with Gasteiger partial charge in [0.2, 0.25) is 0 Å². The van der Waals surface area contributed by atoms with Gasteiger partial charge in [-0.1, -0.05) is 0 Å². The molecule has 0 amide bonds. The Hall–Kier alpha value is 4.81. The molecule has 0 heterocycles. The van der Waals surface area contributed by atoms with Gasteiger partial charge in [-0.2, -0.15) is 0 Å². The average Bonchev–Trinajstić information content (AvgIpc) is 0. The fourth-order valence-corrected chi connectivity index (χ4v) is 0. The predicted molar refractivity (Wildman–Crippen MR) is 13.5 cm³/mol. The van der Waals surface area contributed by atoms with E-state index in [0.717, 1.165) is 0 Å². The van der Waals surface area contributed by atoms with Crippen molar-refractivity contribution >= 4 is 48.9 Å². The Bertz CT molecular complexity index is 16.0. The first kappa shape index (κ1) is 77.2. The van der Waals surface area contributed by atoms with E-state index < -0.39 is 0 Å². The normalized spacial score (nSPS) is 0. The zero-order valence-corrected chi connectivity index (χ0v) is 15.7. The molecule has 1 radical (unpaired) electrons. The summed E-state index contributed by atoms with van der Waals surface area (Å²) in [5, 5.41) is 0. The van der Waals surface area contributed by atoms with E-state index in [0.29, 0.717) is 0 Å². The van der Waals surface area contributed by atoms with Crippen molar-refractivity contribution in [3.8, 4) is 0 Å². The first-order valence-corrected chi connectivity index (χ1v) is 0. The average molecular weight is 548 g/mol.